The number of benzene rings is 2. The zero-order valence-electron chi connectivity index (χ0n) is 11.3. The molecule has 0 bridgehead atoms. The largest absolute Gasteiger partial charge is 0.489 e. The molecule has 1 heterocycles. The van der Waals surface area contributed by atoms with Crippen molar-refractivity contribution >= 4 is 0 Å². The minimum Gasteiger partial charge on any atom is -0.489 e. The molecule has 0 radical (unpaired) electrons. The third-order valence-electron chi connectivity index (χ3n) is 3.66. The summed E-state index contributed by atoms with van der Waals surface area (Å²) in [5.74, 6) is 0.937. The number of ether oxygens (including phenoxy) is 1. The molecule has 1 N–H and O–H groups in total. The summed E-state index contributed by atoms with van der Waals surface area (Å²) in [7, 11) is 0. The second-order valence-electron chi connectivity index (χ2n) is 5.08. The lowest BCUT2D eigenvalue weighted by atomic mass is 9.96. The maximum absolute atomic E-state index is 5.89. The molecular formula is C17H19NO. The summed E-state index contributed by atoms with van der Waals surface area (Å²) in [6, 6.07) is 14.8. The number of fused-ring (bicyclic) bond motifs is 1. The molecule has 2 heteroatoms. The van der Waals surface area contributed by atoms with Gasteiger partial charge >= 0.3 is 0 Å². The minimum absolute atomic E-state index is 0.647. The maximum atomic E-state index is 5.89. The van der Waals surface area contributed by atoms with Gasteiger partial charge in [-0.1, -0.05) is 35.9 Å². The second kappa shape index (κ2) is 5.45. The highest BCUT2D eigenvalue weighted by atomic mass is 16.5. The van der Waals surface area contributed by atoms with Crippen LogP contribution in [-0.2, 0) is 19.6 Å². The first-order valence-electron chi connectivity index (χ1n) is 6.83. The van der Waals surface area contributed by atoms with E-state index < -0.39 is 0 Å². The van der Waals surface area contributed by atoms with E-state index in [1.54, 1.807) is 0 Å². The van der Waals surface area contributed by atoms with Crippen molar-refractivity contribution in [1.82, 2.24) is 5.32 Å². The predicted molar refractivity (Wildman–Crippen MR) is 77.4 cm³/mol. The van der Waals surface area contributed by atoms with E-state index in [1.165, 1.54) is 22.3 Å². The second-order valence-corrected chi connectivity index (χ2v) is 5.08. The summed E-state index contributed by atoms with van der Waals surface area (Å²) >= 11 is 0. The Kier molecular flexibility index (Phi) is 3.51. The molecule has 2 nitrogen and oxygen atoms in total. The van der Waals surface area contributed by atoms with Crippen LogP contribution in [0.4, 0.5) is 0 Å². The van der Waals surface area contributed by atoms with Crippen LogP contribution in [0.5, 0.6) is 5.75 Å². The minimum atomic E-state index is 0.647. The van der Waals surface area contributed by atoms with Crippen molar-refractivity contribution in [3.63, 3.8) is 0 Å². The van der Waals surface area contributed by atoms with E-state index in [4.69, 9.17) is 4.74 Å². The fourth-order valence-corrected chi connectivity index (χ4v) is 2.52. The van der Waals surface area contributed by atoms with Gasteiger partial charge in [0.15, 0.2) is 0 Å². The van der Waals surface area contributed by atoms with Gasteiger partial charge in [-0.05, 0) is 48.7 Å². The fraction of sp³-hybridized carbons (Fsp3) is 0.294. The fourth-order valence-electron chi connectivity index (χ4n) is 2.52. The topological polar surface area (TPSA) is 21.3 Å². The highest BCUT2D eigenvalue weighted by Crippen LogP contribution is 2.20. The van der Waals surface area contributed by atoms with Gasteiger partial charge in [-0.15, -0.1) is 0 Å². The Labute approximate surface area is 114 Å². The van der Waals surface area contributed by atoms with Crippen molar-refractivity contribution in [2.24, 2.45) is 0 Å². The quantitative estimate of drug-likeness (QED) is 0.907. The molecule has 0 fully saturated rings. The van der Waals surface area contributed by atoms with E-state index >= 15 is 0 Å². The molecule has 3 rings (SSSR count). The Hall–Kier alpha value is -1.80. The van der Waals surface area contributed by atoms with Crippen LogP contribution in [0, 0.1) is 6.92 Å². The summed E-state index contributed by atoms with van der Waals surface area (Å²) in [5.41, 5.74) is 5.43. The Morgan fingerprint density at radius 2 is 1.95 bits per heavy atom. The summed E-state index contributed by atoms with van der Waals surface area (Å²) in [4.78, 5) is 0. The van der Waals surface area contributed by atoms with E-state index in [1.807, 2.05) is 12.1 Å². The van der Waals surface area contributed by atoms with Gasteiger partial charge in [0.1, 0.15) is 12.4 Å². The molecule has 0 amide bonds. The molecule has 0 aromatic heterocycles. The van der Waals surface area contributed by atoms with Gasteiger partial charge in [0.25, 0.3) is 0 Å². The number of aryl methyl sites for hydroxylation is 1. The van der Waals surface area contributed by atoms with E-state index in [2.05, 4.69) is 42.6 Å². The van der Waals surface area contributed by atoms with Gasteiger partial charge in [-0.25, -0.2) is 0 Å². The summed E-state index contributed by atoms with van der Waals surface area (Å²) in [6.07, 6.45) is 1.12. The van der Waals surface area contributed by atoms with Gasteiger partial charge in [-0.3, -0.25) is 0 Å². The molecule has 1 aliphatic heterocycles. The van der Waals surface area contributed by atoms with Gasteiger partial charge in [0.2, 0.25) is 0 Å². The molecule has 0 unspecified atom stereocenters. The van der Waals surface area contributed by atoms with Gasteiger partial charge in [0, 0.05) is 6.54 Å². The predicted octanol–water partition coefficient (Wildman–Crippen LogP) is 3.22. The van der Waals surface area contributed by atoms with E-state index in [0.717, 1.165) is 25.3 Å². The van der Waals surface area contributed by atoms with Crippen LogP contribution < -0.4 is 10.1 Å². The number of rotatable bonds is 3. The zero-order chi connectivity index (χ0) is 13.1. The Morgan fingerprint density at radius 3 is 2.79 bits per heavy atom. The van der Waals surface area contributed by atoms with Crippen molar-refractivity contribution in [3.8, 4) is 5.75 Å². The van der Waals surface area contributed by atoms with Gasteiger partial charge < -0.3 is 10.1 Å². The van der Waals surface area contributed by atoms with Crippen LogP contribution >= 0.6 is 0 Å². The smallest absolute Gasteiger partial charge is 0.119 e. The molecule has 2 aromatic carbocycles. The van der Waals surface area contributed by atoms with Crippen LogP contribution in [0.2, 0.25) is 0 Å². The van der Waals surface area contributed by atoms with Crippen LogP contribution in [0.3, 0.4) is 0 Å². The first-order chi connectivity index (χ1) is 9.33. The third-order valence-corrected chi connectivity index (χ3v) is 3.66. The average molecular weight is 253 g/mol. The van der Waals surface area contributed by atoms with Crippen LogP contribution in [-0.4, -0.2) is 6.54 Å². The molecule has 0 saturated carbocycles. The van der Waals surface area contributed by atoms with E-state index in [-0.39, 0.29) is 0 Å². The lowest BCUT2D eigenvalue weighted by Crippen LogP contribution is -2.25. The molecule has 0 saturated heterocycles. The summed E-state index contributed by atoms with van der Waals surface area (Å²) in [5, 5.41) is 3.43. The SMILES string of the molecule is Cc1ccc(OCc2cccc3c2CNCC3)cc1. The molecule has 19 heavy (non-hydrogen) atoms. The number of nitrogens with one attached hydrogen (secondary N) is 1. The maximum Gasteiger partial charge on any atom is 0.119 e. The zero-order valence-corrected chi connectivity index (χ0v) is 11.3. The van der Waals surface area contributed by atoms with Crippen LogP contribution in [0.25, 0.3) is 0 Å². The van der Waals surface area contributed by atoms with Gasteiger partial charge in [0.05, 0.1) is 0 Å². The number of hydrogen-bond acceptors (Lipinski definition) is 2. The first-order valence-corrected chi connectivity index (χ1v) is 6.83. The normalized spacial score (nSPS) is 13.9. The highest BCUT2D eigenvalue weighted by molar-refractivity contribution is 5.37. The Bertz CT molecular complexity index is 560. The molecule has 2 aromatic rings. The lowest BCUT2D eigenvalue weighted by molar-refractivity contribution is 0.304. The molecule has 98 valence electrons. The first kappa shape index (κ1) is 12.2. The van der Waals surface area contributed by atoms with Crippen molar-refractivity contribution in [3.05, 3.63) is 64.7 Å². The monoisotopic (exact) mass is 253 g/mol. The standard InChI is InChI=1S/C17H19NO/c1-13-5-7-16(8-6-13)19-12-15-4-2-3-14-9-10-18-11-17(14)15/h2-8,18H,9-12H2,1H3. The van der Waals surface area contributed by atoms with Crippen LogP contribution in [0.1, 0.15) is 22.3 Å². The van der Waals surface area contributed by atoms with E-state index in [0.29, 0.717) is 6.61 Å². The molecule has 0 aliphatic carbocycles. The molecule has 0 atom stereocenters. The van der Waals surface area contributed by atoms with Crippen molar-refractivity contribution in [1.29, 1.82) is 0 Å². The average Bonchev–Trinajstić information content (AvgIpc) is 2.47. The highest BCUT2D eigenvalue weighted by Gasteiger charge is 2.12. The third kappa shape index (κ3) is 2.79. The summed E-state index contributed by atoms with van der Waals surface area (Å²) in [6.45, 7) is 4.77. The van der Waals surface area contributed by atoms with Crippen molar-refractivity contribution < 1.29 is 4.74 Å². The van der Waals surface area contributed by atoms with Crippen molar-refractivity contribution in [2.75, 3.05) is 6.54 Å². The molecule has 1 aliphatic rings. The molecule has 0 spiro atoms. The Balaban J connectivity index is 1.75. The Morgan fingerprint density at radius 1 is 1.11 bits per heavy atom. The summed E-state index contributed by atoms with van der Waals surface area (Å²) < 4.78 is 5.89. The van der Waals surface area contributed by atoms with Crippen LogP contribution in [0.15, 0.2) is 42.5 Å². The molecular weight excluding hydrogens is 234 g/mol. The van der Waals surface area contributed by atoms with E-state index in [9.17, 15) is 0 Å². The van der Waals surface area contributed by atoms with Crippen molar-refractivity contribution in [2.45, 2.75) is 26.5 Å². The number of hydrogen-bond donors (Lipinski definition) is 1. The lowest BCUT2D eigenvalue weighted by Gasteiger charge is -2.20. The van der Waals surface area contributed by atoms with Gasteiger partial charge in [-0.2, -0.15) is 0 Å².